The Bertz CT molecular complexity index is 342. The molecule has 14 heavy (non-hydrogen) atoms. The van der Waals surface area contributed by atoms with Gasteiger partial charge >= 0.3 is 0 Å². The summed E-state index contributed by atoms with van der Waals surface area (Å²) in [5.41, 5.74) is 1.08. The maximum absolute atomic E-state index is 5.99. The molecule has 0 saturated carbocycles. The fourth-order valence-corrected chi connectivity index (χ4v) is 1.61. The summed E-state index contributed by atoms with van der Waals surface area (Å²) in [6, 6.07) is 5.52. The van der Waals surface area contributed by atoms with E-state index in [1.807, 2.05) is 12.1 Å². The number of hydrogen-bond acceptors (Lipinski definition) is 1. The van der Waals surface area contributed by atoms with Gasteiger partial charge in [0.15, 0.2) is 0 Å². The Balaban J connectivity index is 2.47. The second kappa shape index (κ2) is 5.93. The fraction of sp³-hybridized carbons (Fsp3) is 0.273. The van der Waals surface area contributed by atoms with Crippen molar-refractivity contribution in [3.05, 3.63) is 33.8 Å². The highest BCUT2D eigenvalue weighted by molar-refractivity contribution is 6.35. The zero-order valence-electron chi connectivity index (χ0n) is 7.69. The van der Waals surface area contributed by atoms with E-state index in [4.69, 9.17) is 29.6 Å². The van der Waals surface area contributed by atoms with Crippen molar-refractivity contribution in [2.45, 2.75) is 6.42 Å². The third-order valence-corrected chi connectivity index (χ3v) is 2.40. The lowest BCUT2D eigenvalue weighted by Gasteiger charge is -2.04. The molecule has 3 heteroatoms. The van der Waals surface area contributed by atoms with Gasteiger partial charge in [-0.3, -0.25) is 0 Å². The largest absolute Gasteiger partial charge is 0.306 e. The predicted octanol–water partition coefficient (Wildman–Crippen LogP) is 2.76. The van der Waals surface area contributed by atoms with Gasteiger partial charge in [-0.2, -0.15) is 0 Å². The first-order valence-corrected chi connectivity index (χ1v) is 5.07. The van der Waals surface area contributed by atoms with E-state index in [1.165, 1.54) is 0 Å². The van der Waals surface area contributed by atoms with Crippen molar-refractivity contribution in [2.75, 3.05) is 13.1 Å². The quantitative estimate of drug-likeness (QED) is 0.617. The van der Waals surface area contributed by atoms with Crippen LogP contribution < -0.4 is 5.32 Å². The first-order valence-electron chi connectivity index (χ1n) is 4.32. The first kappa shape index (κ1) is 11.4. The van der Waals surface area contributed by atoms with Crippen molar-refractivity contribution in [1.29, 1.82) is 0 Å². The van der Waals surface area contributed by atoms with E-state index in [2.05, 4.69) is 11.2 Å². The monoisotopic (exact) mass is 227 g/mol. The van der Waals surface area contributed by atoms with E-state index in [0.29, 0.717) is 16.6 Å². The van der Waals surface area contributed by atoms with Crippen LogP contribution in [0.5, 0.6) is 0 Å². The topological polar surface area (TPSA) is 12.0 Å². The van der Waals surface area contributed by atoms with Crippen LogP contribution in [0.15, 0.2) is 18.2 Å². The van der Waals surface area contributed by atoms with Gasteiger partial charge in [0.25, 0.3) is 0 Å². The molecule has 0 amide bonds. The summed E-state index contributed by atoms with van der Waals surface area (Å²) in [5.74, 6) is 2.51. The second-order valence-corrected chi connectivity index (χ2v) is 3.71. The molecule has 0 aromatic heterocycles. The number of benzene rings is 1. The molecule has 0 unspecified atom stereocenters. The maximum Gasteiger partial charge on any atom is 0.0573 e. The summed E-state index contributed by atoms with van der Waals surface area (Å²) in [6.07, 6.45) is 5.96. The summed E-state index contributed by atoms with van der Waals surface area (Å²) >= 11 is 11.8. The highest BCUT2D eigenvalue weighted by Crippen LogP contribution is 2.20. The molecule has 0 heterocycles. The standard InChI is InChI=1S/C11H11Cl2N/c1-2-6-14-7-5-9-3-4-10(12)8-11(9)13/h1,3-4,8,14H,5-7H2. The van der Waals surface area contributed by atoms with Crippen molar-refractivity contribution >= 4 is 23.2 Å². The molecule has 1 nitrogen and oxygen atoms in total. The molecule has 0 saturated heterocycles. The van der Waals surface area contributed by atoms with Gasteiger partial charge in [0, 0.05) is 16.6 Å². The van der Waals surface area contributed by atoms with Crippen molar-refractivity contribution in [3.63, 3.8) is 0 Å². The lowest BCUT2D eigenvalue weighted by Crippen LogP contribution is -2.17. The highest BCUT2D eigenvalue weighted by atomic mass is 35.5. The number of rotatable bonds is 4. The molecule has 0 aliphatic carbocycles. The molecule has 1 aromatic rings. The lowest BCUT2D eigenvalue weighted by molar-refractivity contribution is 0.753. The minimum absolute atomic E-state index is 0.589. The van der Waals surface area contributed by atoms with E-state index in [9.17, 15) is 0 Å². The van der Waals surface area contributed by atoms with Gasteiger partial charge in [-0.15, -0.1) is 6.42 Å². The minimum Gasteiger partial charge on any atom is -0.306 e. The zero-order valence-corrected chi connectivity index (χ0v) is 9.20. The van der Waals surface area contributed by atoms with Gasteiger partial charge in [0.05, 0.1) is 6.54 Å². The van der Waals surface area contributed by atoms with Crippen molar-refractivity contribution in [1.82, 2.24) is 5.32 Å². The maximum atomic E-state index is 5.99. The molecule has 0 aliphatic rings. The van der Waals surface area contributed by atoms with Crippen LogP contribution >= 0.6 is 23.2 Å². The molecule has 74 valence electrons. The molecule has 0 bridgehead atoms. The lowest BCUT2D eigenvalue weighted by atomic mass is 10.1. The van der Waals surface area contributed by atoms with E-state index in [0.717, 1.165) is 18.5 Å². The molecule has 1 N–H and O–H groups in total. The minimum atomic E-state index is 0.589. The number of nitrogens with one attached hydrogen (secondary N) is 1. The fourth-order valence-electron chi connectivity index (χ4n) is 1.11. The smallest absolute Gasteiger partial charge is 0.0573 e. The van der Waals surface area contributed by atoms with Crippen LogP contribution in [0.3, 0.4) is 0 Å². The SMILES string of the molecule is C#CCNCCc1ccc(Cl)cc1Cl. The second-order valence-electron chi connectivity index (χ2n) is 2.87. The molecule has 1 rings (SSSR count). The Morgan fingerprint density at radius 2 is 2.14 bits per heavy atom. The summed E-state index contributed by atoms with van der Waals surface area (Å²) < 4.78 is 0. The summed E-state index contributed by atoms with van der Waals surface area (Å²) in [7, 11) is 0. The molecular formula is C11H11Cl2N. The summed E-state index contributed by atoms with van der Waals surface area (Å²) in [6.45, 7) is 1.41. The molecule has 0 aliphatic heterocycles. The Morgan fingerprint density at radius 1 is 1.36 bits per heavy atom. The average molecular weight is 228 g/mol. The first-order chi connectivity index (χ1) is 6.74. The van der Waals surface area contributed by atoms with Crippen LogP contribution in [0.4, 0.5) is 0 Å². The highest BCUT2D eigenvalue weighted by Gasteiger charge is 2.00. The Morgan fingerprint density at radius 3 is 2.79 bits per heavy atom. The van der Waals surface area contributed by atoms with Gasteiger partial charge in [-0.05, 0) is 24.1 Å². The number of terminal acetylenes is 1. The normalized spacial score (nSPS) is 9.79. The van der Waals surface area contributed by atoms with Gasteiger partial charge < -0.3 is 5.32 Å². The van der Waals surface area contributed by atoms with Crippen molar-refractivity contribution < 1.29 is 0 Å². The Hall–Kier alpha value is -0.680. The zero-order chi connectivity index (χ0) is 10.4. The molecule has 0 atom stereocenters. The number of hydrogen-bond donors (Lipinski definition) is 1. The van der Waals surface area contributed by atoms with Crippen LogP contribution in [0, 0.1) is 12.3 Å². The predicted molar refractivity (Wildman–Crippen MR) is 61.9 cm³/mol. The van der Waals surface area contributed by atoms with E-state index < -0.39 is 0 Å². The summed E-state index contributed by atoms with van der Waals surface area (Å²) in [4.78, 5) is 0. The van der Waals surface area contributed by atoms with Gasteiger partial charge in [0.2, 0.25) is 0 Å². The van der Waals surface area contributed by atoms with Gasteiger partial charge in [-0.25, -0.2) is 0 Å². The van der Waals surface area contributed by atoms with Crippen molar-refractivity contribution in [2.24, 2.45) is 0 Å². The van der Waals surface area contributed by atoms with Gasteiger partial charge in [-0.1, -0.05) is 35.2 Å². The van der Waals surface area contributed by atoms with Crippen LogP contribution in [0.25, 0.3) is 0 Å². The third-order valence-electron chi connectivity index (χ3n) is 1.81. The molecule has 0 spiro atoms. The molecule has 0 fully saturated rings. The van der Waals surface area contributed by atoms with Crippen molar-refractivity contribution in [3.8, 4) is 12.3 Å². The van der Waals surface area contributed by atoms with E-state index in [1.54, 1.807) is 6.07 Å². The van der Waals surface area contributed by atoms with E-state index in [-0.39, 0.29) is 0 Å². The number of halogens is 2. The third kappa shape index (κ3) is 3.59. The van der Waals surface area contributed by atoms with Crippen LogP contribution in [-0.2, 0) is 6.42 Å². The van der Waals surface area contributed by atoms with Crippen LogP contribution in [0.2, 0.25) is 10.0 Å². The van der Waals surface area contributed by atoms with E-state index >= 15 is 0 Å². The van der Waals surface area contributed by atoms with Crippen LogP contribution in [0.1, 0.15) is 5.56 Å². The Kier molecular flexibility index (Phi) is 4.82. The molecule has 0 radical (unpaired) electrons. The molecule has 1 aromatic carbocycles. The molecular weight excluding hydrogens is 217 g/mol. The Labute approximate surface area is 94.4 Å². The van der Waals surface area contributed by atoms with Gasteiger partial charge in [0.1, 0.15) is 0 Å². The van der Waals surface area contributed by atoms with Crippen LogP contribution in [-0.4, -0.2) is 13.1 Å². The average Bonchev–Trinajstić information content (AvgIpc) is 2.15. The summed E-state index contributed by atoms with van der Waals surface area (Å²) in [5, 5.41) is 4.47.